The van der Waals surface area contributed by atoms with Crippen LogP contribution in [-0.4, -0.2) is 70.0 Å². The summed E-state index contributed by atoms with van der Waals surface area (Å²) in [5.74, 6) is -0.451. The summed E-state index contributed by atoms with van der Waals surface area (Å²) < 4.78 is 1.73. The Hall–Kier alpha value is -3.20. The van der Waals surface area contributed by atoms with Gasteiger partial charge in [-0.2, -0.15) is 5.10 Å². The zero-order valence-electron chi connectivity index (χ0n) is 19.9. The fourth-order valence-corrected chi connectivity index (χ4v) is 4.70. The van der Waals surface area contributed by atoms with Crippen LogP contribution in [0.15, 0.2) is 30.3 Å². The number of benzene rings is 1. The third-order valence-corrected chi connectivity index (χ3v) is 6.61. The molecule has 34 heavy (non-hydrogen) atoms. The normalized spacial score (nSPS) is 16.1. The van der Waals surface area contributed by atoms with Crippen LogP contribution in [0.2, 0.25) is 0 Å². The Morgan fingerprint density at radius 1 is 1.00 bits per heavy atom. The van der Waals surface area contributed by atoms with Gasteiger partial charge in [0.2, 0.25) is 11.8 Å². The lowest BCUT2D eigenvalue weighted by atomic mass is 10.0. The van der Waals surface area contributed by atoms with Crippen molar-refractivity contribution in [3.05, 3.63) is 47.3 Å². The lowest BCUT2D eigenvalue weighted by Gasteiger charge is -2.28. The first-order valence-electron chi connectivity index (χ1n) is 12.2. The maximum absolute atomic E-state index is 12.9. The predicted octanol–water partition coefficient (Wildman–Crippen LogP) is 1.94. The molecule has 1 aromatic heterocycles. The second-order valence-electron chi connectivity index (χ2n) is 9.04. The van der Waals surface area contributed by atoms with Crippen molar-refractivity contribution in [2.45, 2.75) is 45.1 Å². The molecular weight excluding hydrogens is 432 g/mol. The number of rotatable bonds is 8. The first-order valence-corrected chi connectivity index (χ1v) is 12.2. The van der Waals surface area contributed by atoms with E-state index in [9.17, 15) is 14.4 Å². The van der Waals surface area contributed by atoms with Crippen LogP contribution < -0.4 is 10.6 Å². The molecule has 2 aromatic rings. The zero-order chi connectivity index (χ0) is 23.9. The number of hydrogen-bond acceptors (Lipinski definition) is 5. The topological polar surface area (TPSA) is 99.6 Å². The fourth-order valence-electron chi connectivity index (χ4n) is 4.70. The number of piperidine rings is 1. The van der Waals surface area contributed by atoms with Crippen molar-refractivity contribution >= 4 is 23.4 Å². The summed E-state index contributed by atoms with van der Waals surface area (Å²) in [6.07, 6.45) is 4.72. The van der Waals surface area contributed by atoms with Gasteiger partial charge in [-0.1, -0.05) is 24.6 Å². The van der Waals surface area contributed by atoms with Gasteiger partial charge in [-0.25, -0.2) is 0 Å². The summed E-state index contributed by atoms with van der Waals surface area (Å²) in [7, 11) is 1.82. The molecule has 1 fully saturated rings. The van der Waals surface area contributed by atoms with Crippen LogP contribution in [-0.2, 0) is 29.6 Å². The average Bonchev–Trinajstić information content (AvgIpc) is 3.20. The summed E-state index contributed by atoms with van der Waals surface area (Å²) in [6.45, 7) is 4.58. The van der Waals surface area contributed by atoms with E-state index in [1.165, 1.54) is 19.3 Å². The molecule has 0 spiro atoms. The minimum absolute atomic E-state index is 0.0740. The number of nitrogens with one attached hydrogen (secondary N) is 2. The van der Waals surface area contributed by atoms with Gasteiger partial charge >= 0.3 is 0 Å². The quantitative estimate of drug-likeness (QED) is 0.619. The smallest absolute Gasteiger partial charge is 0.276 e. The molecule has 2 N–H and O–H groups in total. The third kappa shape index (κ3) is 6.02. The van der Waals surface area contributed by atoms with Crippen molar-refractivity contribution in [1.29, 1.82) is 0 Å². The van der Waals surface area contributed by atoms with Gasteiger partial charge in [-0.05, 0) is 38.1 Å². The molecule has 0 unspecified atom stereocenters. The number of aryl methyl sites for hydroxylation is 1. The number of hydrogen-bond donors (Lipinski definition) is 2. The summed E-state index contributed by atoms with van der Waals surface area (Å²) in [4.78, 5) is 42.0. The van der Waals surface area contributed by atoms with Gasteiger partial charge in [0.05, 0.1) is 0 Å². The number of carbonyl (C=O) groups excluding carboxylic acids is 3. The van der Waals surface area contributed by atoms with E-state index >= 15 is 0 Å². The molecule has 9 heteroatoms. The molecule has 0 atom stereocenters. The molecule has 0 aliphatic carbocycles. The number of likely N-dealkylation sites (tertiary alicyclic amines) is 1. The van der Waals surface area contributed by atoms with Crippen molar-refractivity contribution < 1.29 is 14.4 Å². The van der Waals surface area contributed by atoms with Crippen LogP contribution in [0.25, 0.3) is 0 Å². The molecule has 1 aromatic carbocycles. The molecule has 0 bridgehead atoms. The summed E-state index contributed by atoms with van der Waals surface area (Å²) in [5.41, 5.74) is 2.79. The van der Waals surface area contributed by atoms with E-state index in [2.05, 4.69) is 20.6 Å². The van der Waals surface area contributed by atoms with E-state index in [0.717, 1.165) is 30.9 Å². The van der Waals surface area contributed by atoms with E-state index in [1.807, 2.05) is 37.4 Å². The van der Waals surface area contributed by atoms with E-state index < -0.39 is 0 Å². The number of anilines is 1. The Balaban J connectivity index is 1.27. The molecule has 2 aliphatic rings. The molecular formula is C25H34N6O3. The lowest BCUT2D eigenvalue weighted by molar-refractivity contribution is -0.134. The minimum atomic E-state index is -0.287. The van der Waals surface area contributed by atoms with E-state index in [4.69, 9.17) is 0 Å². The maximum atomic E-state index is 12.9. The number of carbonyl (C=O) groups is 3. The summed E-state index contributed by atoms with van der Waals surface area (Å²) >= 11 is 0. The molecule has 3 heterocycles. The van der Waals surface area contributed by atoms with Crippen LogP contribution in [0.4, 0.5) is 5.69 Å². The monoisotopic (exact) mass is 466 g/mol. The molecule has 2 aliphatic heterocycles. The van der Waals surface area contributed by atoms with Crippen LogP contribution in [0, 0.1) is 0 Å². The van der Waals surface area contributed by atoms with Crippen molar-refractivity contribution in [2.24, 2.45) is 7.05 Å². The third-order valence-electron chi connectivity index (χ3n) is 6.61. The van der Waals surface area contributed by atoms with Gasteiger partial charge in [0.15, 0.2) is 5.69 Å². The zero-order valence-corrected chi connectivity index (χ0v) is 19.9. The number of nitrogens with zero attached hydrogens (tertiary/aromatic N) is 4. The Kier molecular flexibility index (Phi) is 7.95. The molecule has 0 saturated carbocycles. The Morgan fingerprint density at radius 3 is 2.53 bits per heavy atom. The van der Waals surface area contributed by atoms with Crippen molar-refractivity contribution in [3.63, 3.8) is 0 Å². The highest BCUT2D eigenvalue weighted by Crippen LogP contribution is 2.24. The highest BCUT2D eigenvalue weighted by atomic mass is 16.2. The highest BCUT2D eigenvalue weighted by Gasteiger charge is 2.29. The highest BCUT2D eigenvalue weighted by molar-refractivity contribution is 6.04. The van der Waals surface area contributed by atoms with Crippen LogP contribution in [0.5, 0.6) is 0 Å². The molecule has 9 nitrogen and oxygen atoms in total. The van der Waals surface area contributed by atoms with Crippen molar-refractivity contribution in [3.8, 4) is 0 Å². The second-order valence-corrected chi connectivity index (χ2v) is 9.04. The average molecular weight is 467 g/mol. The van der Waals surface area contributed by atoms with Crippen LogP contribution in [0.1, 0.15) is 53.8 Å². The Labute approximate surface area is 200 Å². The van der Waals surface area contributed by atoms with Crippen molar-refractivity contribution in [2.75, 3.05) is 38.0 Å². The maximum Gasteiger partial charge on any atom is 0.276 e. The standard InChI is InChI=1S/C25H34N6O3/c1-29-21-12-16-31(18-20(21)24(28-29)25(34)27-19-8-4-2-5-9-19)23(33)11-10-22(32)26-13-17-30-14-6-3-7-15-30/h2,4-5,8-9H,3,6-7,10-18H2,1H3,(H,26,32)(H,27,34). The number of para-hydroxylation sites is 1. The molecule has 1 saturated heterocycles. The minimum Gasteiger partial charge on any atom is -0.355 e. The second kappa shape index (κ2) is 11.3. The SMILES string of the molecule is Cn1nc(C(=O)Nc2ccccc2)c2c1CCN(C(=O)CCC(=O)NCCN1CCCCC1)C2. The van der Waals surface area contributed by atoms with Crippen LogP contribution in [0.3, 0.4) is 0 Å². The first kappa shape index (κ1) is 23.9. The summed E-state index contributed by atoms with van der Waals surface area (Å²) in [6, 6.07) is 9.24. The Bertz CT molecular complexity index is 1010. The van der Waals surface area contributed by atoms with Gasteiger partial charge in [-0.3, -0.25) is 19.1 Å². The molecule has 182 valence electrons. The van der Waals surface area contributed by atoms with E-state index in [1.54, 1.807) is 9.58 Å². The lowest BCUT2D eigenvalue weighted by Crippen LogP contribution is -2.39. The first-order chi connectivity index (χ1) is 16.5. The molecule has 0 radical (unpaired) electrons. The van der Waals surface area contributed by atoms with Gasteiger partial charge < -0.3 is 20.4 Å². The van der Waals surface area contributed by atoms with Crippen LogP contribution >= 0.6 is 0 Å². The number of aromatic nitrogens is 2. The van der Waals surface area contributed by atoms with Gasteiger partial charge in [0.25, 0.3) is 5.91 Å². The molecule has 4 rings (SSSR count). The Morgan fingerprint density at radius 2 is 1.76 bits per heavy atom. The van der Waals surface area contributed by atoms with Crippen molar-refractivity contribution in [1.82, 2.24) is 24.9 Å². The number of amides is 3. The predicted molar refractivity (Wildman–Crippen MR) is 129 cm³/mol. The largest absolute Gasteiger partial charge is 0.355 e. The molecule has 3 amide bonds. The van der Waals surface area contributed by atoms with Gasteiger partial charge in [-0.15, -0.1) is 0 Å². The fraction of sp³-hybridized carbons (Fsp3) is 0.520. The van der Waals surface area contributed by atoms with Gasteiger partial charge in [0, 0.05) is 69.4 Å². The number of fused-ring (bicyclic) bond motifs is 1. The summed E-state index contributed by atoms with van der Waals surface area (Å²) in [5, 5.41) is 10.2. The van der Waals surface area contributed by atoms with E-state index in [-0.39, 0.29) is 30.6 Å². The van der Waals surface area contributed by atoms with Gasteiger partial charge in [0.1, 0.15) is 0 Å². The van der Waals surface area contributed by atoms with E-state index in [0.29, 0.717) is 37.4 Å².